The summed E-state index contributed by atoms with van der Waals surface area (Å²) in [6.07, 6.45) is -0.749. The fourth-order valence-electron chi connectivity index (χ4n) is 2.11. The Hall–Kier alpha value is -2.07. The van der Waals surface area contributed by atoms with Crippen molar-refractivity contribution in [2.24, 2.45) is 0 Å². The van der Waals surface area contributed by atoms with E-state index in [1.54, 1.807) is 18.2 Å². The van der Waals surface area contributed by atoms with E-state index in [1.165, 1.54) is 6.07 Å². The van der Waals surface area contributed by atoms with Crippen molar-refractivity contribution in [3.63, 3.8) is 0 Å². The van der Waals surface area contributed by atoms with E-state index >= 15 is 0 Å². The molecule has 0 amide bonds. The van der Waals surface area contributed by atoms with E-state index in [0.29, 0.717) is 22.7 Å². The first kappa shape index (κ1) is 11.0. The molecule has 2 heterocycles. The molecule has 0 bridgehead atoms. The first-order valence-electron chi connectivity index (χ1n) is 5.67. The van der Waals surface area contributed by atoms with Gasteiger partial charge in [-0.05, 0) is 31.6 Å². The Labute approximate surface area is 103 Å². The van der Waals surface area contributed by atoms with Gasteiger partial charge in [-0.15, -0.1) is 0 Å². The molecule has 1 aromatic heterocycles. The molecular weight excluding hydrogens is 232 g/mol. The Kier molecular flexibility index (Phi) is 2.28. The third-order valence-electron chi connectivity index (χ3n) is 3.01. The van der Waals surface area contributed by atoms with Gasteiger partial charge in [0.2, 0.25) is 0 Å². The summed E-state index contributed by atoms with van der Waals surface area (Å²) in [5.74, 6) is 1.09. The smallest absolute Gasteiger partial charge is 0.336 e. The van der Waals surface area contributed by atoms with Crippen LogP contribution >= 0.6 is 0 Å². The lowest BCUT2D eigenvalue weighted by atomic mass is 10.1. The molecule has 4 heteroatoms. The Bertz CT molecular complexity index is 720. The van der Waals surface area contributed by atoms with Gasteiger partial charge in [-0.2, -0.15) is 0 Å². The van der Waals surface area contributed by atoms with E-state index in [9.17, 15) is 9.90 Å². The second-order valence-corrected chi connectivity index (χ2v) is 4.55. The molecule has 1 atom stereocenters. The molecule has 0 saturated carbocycles. The number of aliphatic hydroxyl groups excluding tert-OH is 1. The molecular formula is C14H12O4. The van der Waals surface area contributed by atoms with Gasteiger partial charge < -0.3 is 14.3 Å². The fraction of sp³-hybridized carbons (Fsp3) is 0.214. The zero-order chi connectivity index (χ0) is 12.9. The zero-order valence-electron chi connectivity index (χ0n) is 10.1. The van der Waals surface area contributed by atoms with Crippen LogP contribution in [0.15, 0.2) is 44.8 Å². The molecule has 0 radical (unpaired) electrons. The average Bonchev–Trinajstić information content (AvgIpc) is 2.64. The first-order valence-corrected chi connectivity index (χ1v) is 5.67. The number of rotatable bonds is 0. The van der Waals surface area contributed by atoms with Gasteiger partial charge in [0.15, 0.2) is 0 Å². The summed E-state index contributed by atoms with van der Waals surface area (Å²) in [6, 6.07) is 6.47. The zero-order valence-corrected chi connectivity index (χ0v) is 10.1. The van der Waals surface area contributed by atoms with Crippen molar-refractivity contribution in [3.8, 4) is 5.75 Å². The van der Waals surface area contributed by atoms with Crippen LogP contribution in [-0.4, -0.2) is 5.11 Å². The van der Waals surface area contributed by atoms with Crippen LogP contribution in [0.25, 0.3) is 11.0 Å². The number of ether oxygens (including phenoxy) is 1. The van der Waals surface area contributed by atoms with Crippen LogP contribution in [0.1, 0.15) is 25.5 Å². The Balaban J connectivity index is 2.26. The standard InChI is InChI=1S/C14H12O4/c1-7(2)14-13(16)9-5-8-3-4-12(15)17-10(8)6-11(9)18-14/h3-6,13,16H,1-2H3/t13-/m1/s1. The number of hydrogen-bond acceptors (Lipinski definition) is 4. The lowest BCUT2D eigenvalue weighted by Gasteiger charge is -2.04. The van der Waals surface area contributed by atoms with Crippen LogP contribution in [-0.2, 0) is 0 Å². The van der Waals surface area contributed by atoms with Gasteiger partial charge in [-0.1, -0.05) is 0 Å². The van der Waals surface area contributed by atoms with Crippen molar-refractivity contribution in [2.45, 2.75) is 20.0 Å². The van der Waals surface area contributed by atoms with Gasteiger partial charge in [0, 0.05) is 23.1 Å². The fourth-order valence-corrected chi connectivity index (χ4v) is 2.11. The normalized spacial score (nSPS) is 17.7. The van der Waals surface area contributed by atoms with E-state index in [1.807, 2.05) is 13.8 Å². The van der Waals surface area contributed by atoms with Crippen LogP contribution < -0.4 is 10.4 Å². The Morgan fingerprint density at radius 2 is 2.06 bits per heavy atom. The second kappa shape index (κ2) is 3.71. The Morgan fingerprint density at radius 1 is 1.28 bits per heavy atom. The van der Waals surface area contributed by atoms with E-state index < -0.39 is 11.7 Å². The molecule has 4 nitrogen and oxygen atoms in total. The maximum atomic E-state index is 11.2. The molecule has 0 saturated heterocycles. The summed E-state index contributed by atoms with van der Waals surface area (Å²) >= 11 is 0. The molecule has 1 N–H and O–H groups in total. The van der Waals surface area contributed by atoms with Gasteiger partial charge >= 0.3 is 5.63 Å². The maximum Gasteiger partial charge on any atom is 0.336 e. The van der Waals surface area contributed by atoms with Crippen molar-refractivity contribution < 1.29 is 14.3 Å². The third-order valence-corrected chi connectivity index (χ3v) is 3.01. The lowest BCUT2D eigenvalue weighted by molar-refractivity contribution is 0.189. The van der Waals surface area contributed by atoms with Crippen molar-refractivity contribution >= 4 is 11.0 Å². The van der Waals surface area contributed by atoms with Crippen molar-refractivity contribution in [1.82, 2.24) is 0 Å². The van der Waals surface area contributed by atoms with Crippen molar-refractivity contribution in [2.75, 3.05) is 0 Å². The van der Waals surface area contributed by atoms with E-state index in [2.05, 4.69) is 0 Å². The van der Waals surface area contributed by atoms with Crippen LogP contribution in [0.3, 0.4) is 0 Å². The number of fused-ring (bicyclic) bond motifs is 2. The molecule has 3 rings (SSSR count). The minimum absolute atomic E-state index is 0.400. The molecule has 1 aliphatic rings. The molecule has 0 unspecified atom stereocenters. The van der Waals surface area contributed by atoms with Crippen molar-refractivity contribution in [1.29, 1.82) is 0 Å². The first-order chi connectivity index (χ1) is 8.56. The van der Waals surface area contributed by atoms with Crippen LogP contribution in [0, 0.1) is 0 Å². The molecule has 1 aliphatic heterocycles. The summed E-state index contributed by atoms with van der Waals surface area (Å²) in [7, 11) is 0. The summed E-state index contributed by atoms with van der Waals surface area (Å²) in [6.45, 7) is 3.76. The molecule has 0 spiro atoms. The largest absolute Gasteiger partial charge is 0.458 e. The summed E-state index contributed by atoms with van der Waals surface area (Å²) in [4.78, 5) is 11.2. The summed E-state index contributed by atoms with van der Waals surface area (Å²) in [5, 5.41) is 10.9. The van der Waals surface area contributed by atoms with Gasteiger partial charge in [-0.3, -0.25) is 0 Å². The number of hydrogen-bond donors (Lipinski definition) is 1. The second-order valence-electron chi connectivity index (χ2n) is 4.55. The predicted molar refractivity (Wildman–Crippen MR) is 66.4 cm³/mol. The number of allylic oxidation sites excluding steroid dienone is 1. The average molecular weight is 244 g/mol. The van der Waals surface area contributed by atoms with E-state index in [0.717, 1.165) is 11.0 Å². The monoisotopic (exact) mass is 244 g/mol. The molecule has 18 heavy (non-hydrogen) atoms. The number of aliphatic hydroxyl groups is 1. The predicted octanol–water partition coefficient (Wildman–Crippen LogP) is 2.51. The Morgan fingerprint density at radius 3 is 2.78 bits per heavy atom. The van der Waals surface area contributed by atoms with Gasteiger partial charge in [0.25, 0.3) is 0 Å². The van der Waals surface area contributed by atoms with E-state index in [4.69, 9.17) is 9.15 Å². The molecule has 0 fully saturated rings. The highest BCUT2D eigenvalue weighted by atomic mass is 16.5. The van der Waals surface area contributed by atoms with Gasteiger partial charge in [0.05, 0.1) is 0 Å². The van der Waals surface area contributed by atoms with Gasteiger partial charge in [0.1, 0.15) is 23.2 Å². The highest BCUT2D eigenvalue weighted by molar-refractivity contribution is 5.80. The van der Waals surface area contributed by atoms with Crippen LogP contribution in [0.4, 0.5) is 0 Å². The SMILES string of the molecule is CC(C)=C1Oc2cc3oc(=O)ccc3cc2[C@H]1O. The minimum atomic E-state index is -0.749. The van der Waals surface area contributed by atoms with Crippen LogP contribution in [0.2, 0.25) is 0 Å². The van der Waals surface area contributed by atoms with Crippen LogP contribution in [0.5, 0.6) is 5.75 Å². The maximum absolute atomic E-state index is 11.2. The summed E-state index contributed by atoms with van der Waals surface area (Å²) in [5.41, 5.74) is 1.68. The topological polar surface area (TPSA) is 59.7 Å². The molecule has 92 valence electrons. The highest BCUT2D eigenvalue weighted by Gasteiger charge is 2.29. The molecule has 0 aliphatic carbocycles. The minimum Gasteiger partial charge on any atom is -0.458 e. The number of benzene rings is 1. The lowest BCUT2D eigenvalue weighted by Crippen LogP contribution is -1.99. The van der Waals surface area contributed by atoms with Crippen molar-refractivity contribution in [3.05, 3.63) is 51.6 Å². The third kappa shape index (κ3) is 1.54. The van der Waals surface area contributed by atoms with Gasteiger partial charge in [-0.25, -0.2) is 4.79 Å². The highest BCUT2D eigenvalue weighted by Crippen LogP contribution is 2.42. The van der Waals surface area contributed by atoms with E-state index in [-0.39, 0.29) is 0 Å². The molecule has 1 aromatic carbocycles. The molecule has 2 aromatic rings. The quantitative estimate of drug-likeness (QED) is 0.723. The summed E-state index contributed by atoms with van der Waals surface area (Å²) < 4.78 is 10.7.